The average Bonchev–Trinajstić information content (AvgIpc) is 3.07. The molecule has 4 rings (SSSR count). The maximum Gasteiger partial charge on any atom is 0.0223 e. The molecule has 2 heterocycles. The zero-order valence-corrected chi connectivity index (χ0v) is 12.1. The van der Waals surface area contributed by atoms with Crippen molar-refractivity contribution in [3.8, 4) is 0 Å². The molecule has 2 aliphatic heterocycles. The summed E-state index contributed by atoms with van der Waals surface area (Å²) in [4.78, 5) is 5.50. The summed E-state index contributed by atoms with van der Waals surface area (Å²) in [6.07, 6.45) is 8.54. The van der Waals surface area contributed by atoms with Gasteiger partial charge in [-0.25, -0.2) is 0 Å². The highest BCUT2D eigenvalue weighted by atomic mass is 15.3. The zero-order chi connectivity index (χ0) is 12.8. The molecule has 5 unspecified atom stereocenters. The van der Waals surface area contributed by atoms with Gasteiger partial charge in [-0.2, -0.15) is 0 Å². The molecule has 4 aliphatic rings. The van der Waals surface area contributed by atoms with Gasteiger partial charge in [-0.1, -0.05) is 0 Å². The Bertz CT molecular complexity index is 330. The summed E-state index contributed by atoms with van der Waals surface area (Å²) in [6.45, 7) is 6.62. The second-order valence-electron chi connectivity index (χ2n) is 7.52. The van der Waals surface area contributed by atoms with Crippen LogP contribution in [0.5, 0.6) is 0 Å². The first-order chi connectivity index (χ1) is 9.31. The number of fused-ring (bicyclic) bond motifs is 3. The largest absolute Gasteiger partial charge is 0.327 e. The first-order valence-electron chi connectivity index (χ1n) is 8.53. The summed E-state index contributed by atoms with van der Waals surface area (Å²) in [5, 5.41) is 0. The van der Waals surface area contributed by atoms with E-state index in [4.69, 9.17) is 5.73 Å². The van der Waals surface area contributed by atoms with Crippen LogP contribution >= 0.6 is 0 Å². The summed E-state index contributed by atoms with van der Waals surface area (Å²) < 4.78 is 0. The molecule has 108 valence electrons. The van der Waals surface area contributed by atoms with E-state index in [1.807, 2.05) is 0 Å². The lowest BCUT2D eigenvalue weighted by atomic mass is 9.84. The van der Waals surface area contributed by atoms with Crippen molar-refractivity contribution in [2.45, 2.75) is 50.6 Å². The minimum absolute atomic E-state index is 0.515. The van der Waals surface area contributed by atoms with E-state index in [-0.39, 0.29) is 0 Å². The average molecular weight is 263 g/mol. The van der Waals surface area contributed by atoms with Crippen molar-refractivity contribution < 1.29 is 0 Å². The normalized spacial score (nSPS) is 47.5. The minimum Gasteiger partial charge on any atom is -0.327 e. The Kier molecular flexibility index (Phi) is 3.33. The summed E-state index contributed by atoms with van der Waals surface area (Å²) in [7, 11) is 0. The topological polar surface area (TPSA) is 32.5 Å². The Balaban J connectivity index is 1.39. The van der Waals surface area contributed by atoms with Crippen LogP contribution in [0.2, 0.25) is 0 Å². The fourth-order valence-corrected chi connectivity index (χ4v) is 5.47. The van der Waals surface area contributed by atoms with Gasteiger partial charge in [0.15, 0.2) is 0 Å². The molecule has 0 amide bonds. The monoisotopic (exact) mass is 263 g/mol. The molecule has 2 saturated carbocycles. The van der Waals surface area contributed by atoms with Gasteiger partial charge in [-0.3, -0.25) is 4.90 Å². The summed E-state index contributed by atoms with van der Waals surface area (Å²) >= 11 is 0. The highest BCUT2D eigenvalue weighted by Gasteiger charge is 2.46. The summed E-state index contributed by atoms with van der Waals surface area (Å²) in [6, 6.07) is 1.37. The van der Waals surface area contributed by atoms with E-state index >= 15 is 0 Å². The lowest BCUT2D eigenvalue weighted by Gasteiger charge is -2.34. The van der Waals surface area contributed by atoms with Crippen LogP contribution in [0.1, 0.15) is 38.5 Å². The van der Waals surface area contributed by atoms with Gasteiger partial charge in [0.1, 0.15) is 0 Å². The molecule has 4 fully saturated rings. The molecular weight excluding hydrogens is 234 g/mol. The molecular formula is C16H29N3. The van der Waals surface area contributed by atoms with E-state index in [0.29, 0.717) is 6.04 Å². The van der Waals surface area contributed by atoms with Gasteiger partial charge in [0.05, 0.1) is 0 Å². The van der Waals surface area contributed by atoms with Crippen molar-refractivity contribution in [1.29, 1.82) is 0 Å². The van der Waals surface area contributed by atoms with Crippen molar-refractivity contribution in [1.82, 2.24) is 9.80 Å². The molecule has 2 aliphatic carbocycles. The van der Waals surface area contributed by atoms with Gasteiger partial charge in [0, 0.05) is 25.2 Å². The van der Waals surface area contributed by atoms with Crippen molar-refractivity contribution in [2.75, 3.05) is 32.7 Å². The van der Waals surface area contributed by atoms with Gasteiger partial charge in [0.2, 0.25) is 0 Å². The SMILES string of the molecule is NC1C2CCC(C2)C1CN1CCCN2CCCC2C1. The standard InChI is InChI=1S/C16H29N3/c17-16-13-5-4-12(9-13)15(16)11-18-6-2-8-19-7-1-3-14(19)10-18/h12-16H,1-11,17H2. The predicted molar refractivity (Wildman–Crippen MR) is 77.9 cm³/mol. The van der Waals surface area contributed by atoms with E-state index in [1.54, 1.807) is 0 Å². The van der Waals surface area contributed by atoms with Crippen LogP contribution in [0.15, 0.2) is 0 Å². The van der Waals surface area contributed by atoms with Crippen molar-refractivity contribution in [2.24, 2.45) is 23.5 Å². The van der Waals surface area contributed by atoms with Crippen molar-refractivity contribution in [3.05, 3.63) is 0 Å². The van der Waals surface area contributed by atoms with Crippen LogP contribution in [-0.2, 0) is 0 Å². The maximum absolute atomic E-state index is 6.49. The number of nitrogens with zero attached hydrogens (tertiary/aromatic N) is 2. The summed E-state index contributed by atoms with van der Waals surface area (Å²) in [5.74, 6) is 2.64. The van der Waals surface area contributed by atoms with Gasteiger partial charge < -0.3 is 10.6 Å². The molecule has 0 radical (unpaired) electrons. The lowest BCUT2D eigenvalue weighted by Crippen LogP contribution is -2.45. The summed E-state index contributed by atoms with van der Waals surface area (Å²) in [5.41, 5.74) is 6.49. The van der Waals surface area contributed by atoms with E-state index < -0.39 is 0 Å². The Morgan fingerprint density at radius 1 is 0.947 bits per heavy atom. The molecule has 5 atom stereocenters. The number of hydrogen-bond donors (Lipinski definition) is 1. The van der Waals surface area contributed by atoms with Gasteiger partial charge in [0.25, 0.3) is 0 Å². The zero-order valence-electron chi connectivity index (χ0n) is 12.1. The quantitative estimate of drug-likeness (QED) is 0.820. The Morgan fingerprint density at radius 3 is 2.63 bits per heavy atom. The van der Waals surface area contributed by atoms with Crippen LogP contribution in [0.25, 0.3) is 0 Å². The number of rotatable bonds is 2. The third kappa shape index (κ3) is 2.24. The second kappa shape index (κ2) is 5.01. The maximum atomic E-state index is 6.49. The van der Waals surface area contributed by atoms with Crippen molar-refractivity contribution >= 4 is 0 Å². The van der Waals surface area contributed by atoms with E-state index in [2.05, 4.69) is 9.80 Å². The lowest BCUT2D eigenvalue weighted by molar-refractivity contribution is 0.160. The third-order valence-corrected chi connectivity index (χ3v) is 6.51. The first kappa shape index (κ1) is 12.6. The first-order valence-corrected chi connectivity index (χ1v) is 8.53. The van der Waals surface area contributed by atoms with E-state index in [1.165, 1.54) is 71.2 Å². The van der Waals surface area contributed by atoms with Gasteiger partial charge in [-0.05, 0) is 75.9 Å². The third-order valence-electron chi connectivity index (χ3n) is 6.51. The molecule has 0 aromatic carbocycles. The molecule has 3 nitrogen and oxygen atoms in total. The van der Waals surface area contributed by atoms with Crippen LogP contribution in [0, 0.1) is 17.8 Å². The van der Waals surface area contributed by atoms with Crippen LogP contribution < -0.4 is 5.73 Å². The van der Waals surface area contributed by atoms with E-state index in [0.717, 1.165) is 23.8 Å². The van der Waals surface area contributed by atoms with Crippen LogP contribution in [0.3, 0.4) is 0 Å². The second-order valence-corrected chi connectivity index (χ2v) is 7.52. The van der Waals surface area contributed by atoms with Crippen LogP contribution in [-0.4, -0.2) is 54.6 Å². The molecule has 3 heteroatoms. The molecule has 0 aromatic rings. The molecule has 2 N–H and O–H groups in total. The Morgan fingerprint density at radius 2 is 1.79 bits per heavy atom. The van der Waals surface area contributed by atoms with E-state index in [9.17, 15) is 0 Å². The van der Waals surface area contributed by atoms with Crippen LogP contribution in [0.4, 0.5) is 0 Å². The Hall–Kier alpha value is -0.120. The molecule has 19 heavy (non-hydrogen) atoms. The molecule has 2 bridgehead atoms. The number of hydrogen-bond acceptors (Lipinski definition) is 3. The Labute approximate surface area is 117 Å². The van der Waals surface area contributed by atoms with Gasteiger partial charge >= 0.3 is 0 Å². The highest BCUT2D eigenvalue weighted by Crippen LogP contribution is 2.47. The highest BCUT2D eigenvalue weighted by molar-refractivity contribution is 5.00. The predicted octanol–water partition coefficient (Wildman–Crippen LogP) is 1.53. The fourth-order valence-electron chi connectivity index (χ4n) is 5.47. The molecule has 0 aromatic heterocycles. The number of nitrogens with two attached hydrogens (primary N) is 1. The molecule has 2 saturated heterocycles. The smallest absolute Gasteiger partial charge is 0.0223 e. The fraction of sp³-hybridized carbons (Fsp3) is 1.00. The molecule has 0 spiro atoms. The van der Waals surface area contributed by atoms with Crippen molar-refractivity contribution in [3.63, 3.8) is 0 Å². The van der Waals surface area contributed by atoms with Gasteiger partial charge in [-0.15, -0.1) is 0 Å². The minimum atomic E-state index is 0.515.